The fraction of sp³-hybridized carbons (Fsp3) is 0.667. The standard InChI is InChI=1S/C7H19Si2.2CH3.Nd/c1-8(2,3)7-9(4,5)6;;;/h7H,1-6H3;2*1H3;/q3*-1;+3. The third-order valence-corrected chi connectivity index (χ3v) is 7.79. The van der Waals surface area contributed by atoms with E-state index in [1.165, 1.54) is 0 Å². The van der Waals surface area contributed by atoms with E-state index >= 15 is 0 Å². The van der Waals surface area contributed by atoms with Gasteiger partial charge in [0.05, 0.1) is 0 Å². The van der Waals surface area contributed by atoms with E-state index in [-0.39, 0.29) is 55.7 Å². The number of rotatable bonds is 2. The summed E-state index contributed by atoms with van der Waals surface area (Å²) in [6.07, 6.45) is 0. The van der Waals surface area contributed by atoms with Crippen molar-refractivity contribution in [3.63, 3.8) is 0 Å². The normalized spacial score (nSPS) is 10.5. The van der Waals surface area contributed by atoms with E-state index in [2.05, 4.69) is 44.9 Å². The van der Waals surface area contributed by atoms with Crippen molar-refractivity contribution in [2.45, 2.75) is 39.3 Å². The van der Waals surface area contributed by atoms with Gasteiger partial charge >= 0.3 is 40.8 Å². The molecular formula is C9H25NdSi2. The molecule has 0 bridgehead atoms. The maximum atomic E-state index is 2.65. The topological polar surface area (TPSA) is 0 Å². The fourth-order valence-electron chi connectivity index (χ4n) is 1.30. The summed E-state index contributed by atoms with van der Waals surface area (Å²) in [7, 11) is -1.71. The zero-order valence-electron chi connectivity index (χ0n) is 10.1. The van der Waals surface area contributed by atoms with Gasteiger partial charge < -0.3 is 20.5 Å². The van der Waals surface area contributed by atoms with Crippen LogP contribution in [0.1, 0.15) is 0 Å². The Hall–Kier alpha value is 1.78. The van der Waals surface area contributed by atoms with Crippen molar-refractivity contribution < 1.29 is 40.8 Å². The first-order valence-electron chi connectivity index (χ1n) is 3.58. The molecule has 12 heavy (non-hydrogen) atoms. The molecule has 0 rings (SSSR count). The van der Waals surface area contributed by atoms with Crippen molar-refractivity contribution in [2.24, 2.45) is 0 Å². The molecule has 73 valence electrons. The Kier molecular flexibility index (Phi) is 15.9. The molecule has 1 radical (unpaired) electrons. The van der Waals surface area contributed by atoms with Gasteiger partial charge in [-0.1, -0.05) is 39.3 Å². The molecule has 3 heteroatoms. The summed E-state index contributed by atoms with van der Waals surface area (Å²) in [4.78, 5) is 0. The van der Waals surface area contributed by atoms with Crippen LogP contribution in [0.4, 0.5) is 0 Å². The van der Waals surface area contributed by atoms with Gasteiger partial charge in [0, 0.05) is 0 Å². The van der Waals surface area contributed by atoms with Crippen molar-refractivity contribution in [2.75, 3.05) is 0 Å². The summed E-state index contributed by atoms with van der Waals surface area (Å²) >= 11 is 0. The largest absolute Gasteiger partial charge is 3.00 e. The summed E-state index contributed by atoms with van der Waals surface area (Å²) < 4.78 is 0. The van der Waals surface area contributed by atoms with Crippen LogP contribution in [0.25, 0.3) is 0 Å². The molecule has 0 saturated heterocycles. The minimum absolute atomic E-state index is 0. The van der Waals surface area contributed by atoms with Crippen molar-refractivity contribution >= 4 is 16.1 Å². The predicted octanol–water partition coefficient (Wildman–Crippen LogP) is 3.85. The molecule has 0 aliphatic heterocycles. The van der Waals surface area contributed by atoms with Gasteiger partial charge in [0.1, 0.15) is 0 Å². The van der Waals surface area contributed by atoms with Gasteiger partial charge in [0.2, 0.25) is 0 Å². The Morgan fingerprint density at radius 1 is 0.667 bits per heavy atom. The molecule has 0 heterocycles. The molecule has 0 aliphatic rings. The molecule has 0 saturated carbocycles. The molecule has 0 spiro atoms. The van der Waals surface area contributed by atoms with Crippen LogP contribution in [0.5, 0.6) is 0 Å². The first kappa shape index (κ1) is 23.5. The summed E-state index contributed by atoms with van der Waals surface area (Å²) in [5.74, 6) is 0. The van der Waals surface area contributed by atoms with Crippen molar-refractivity contribution in [1.82, 2.24) is 0 Å². The second-order valence-corrected chi connectivity index (χ2v) is 15.5. The zero-order valence-corrected chi connectivity index (χ0v) is 15.3. The van der Waals surface area contributed by atoms with E-state index in [4.69, 9.17) is 0 Å². The number of hydrogen-bond acceptors (Lipinski definition) is 0. The van der Waals surface area contributed by atoms with Gasteiger partial charge in [-0.3, -0.25) is 0 Å². The Labute approximate surface area is 115 Å². The number of hydrogen-bond donors (Lipinski definition) is 0. The molecule has 0 N–H and O–H groups in total. The van der Waals surface area contributed by atoms with Crippen LogP contribution in [0.2, 0.25) is 39.3 Å². The van der Waals surface area contributed by atoms with E-state index in [1.54, 1.807) is 0 Å². The first-order valence-corrected chi connectivity index (χ1v) is 10.7. The molecule has 0 aromatic carbocycles. The molecule has 0 fully saturated rings. The van der Waals surface area contributed by atoms with E-state index in [0.29, 0.717) is 0 Å². The molecule has 0 atom stereocenters. The average Bonchev–Trinajstić information content (AvgIpc) is 1.14. The quantitative estimate of drug-likeness (QED) is 0.532. The third-order valence-electron chi connectivity index (χ3n) is 0.866. The fourth-order valence-corrected chi connectivity index (χ4v) is 11.7. The predicted molar refractivity (Wildman–Crippen MR) is 63.8 cm³/mol. The molecule has 0 nitrogen and oxygen atoms in total. The molecule has 0 unspecified atom stereocenters. The van der Waals surface area contributed by atoms with Crippen molar-refractivity contribution in [3.05, 3.63) is 20.5 Å². The molecule has 0 aromatic heterocycles. The second-order valence-electron chi connectivity index (χ2n) is 4.88. The van der Waals surface area contributed by atoms with Crippen LogP contribution < -0.4 is 0 Å². The van der Waals surface area contributed by atoms with Crippen LogP contribution in [-0.4, -0.2) is 16.1 Å². The van der Waals surface area contributed by atoms with Crippen LogP contribution in [0, 0.1) is 61.4 Å². The SMILES string of the molecule is C[Si](C)(C)[CH-][Si](C)(C)C.[CH3-].[CH3-].[Nd+3]. The summed E-state index contributed by atoms with van der Waals surface area (Å²) in [6.45, 7) is 14.4. The van der Waals surface area contributed by atoms with Crippen LogP contribution in [0.15, 0.2) is 0 Å². The monoisotopic (exact) mass is 331 g/mol. The van der Waals surface area contributed by atoms with Crippen LogP contribution in [-0.2, 0) is 0 Å². The van der Waals surface area contributed by atoms with E-state index in [9.17, 15) is 0 Å². The third kappa shape index (κ3) is 22.6. The minimum atomic E-state index is -0.856. The van der Waals surface area contributed by atoms with Gasteiger partial charge in [0.15, 0.2) is 0 Å². The van der Waals surface area contributed by atoms with Gasteiger partial charge in [-0.05, 0) is 0 Å². The Bertz CT molecular complexity index is 77.7. The Balaban J connectivity index is -0.000000107. The summed E-state index contributed by atoms with van der Waals surface area (Å²) in [5.41, 5.74) is 2.65. The maximum Gasteiger partial charge on any atom is 3.00 e. The van der Waals surface area contributed by atoms with Gasteiger partial charge in [-0.25, -0.2) is 0 Å². The van der Waals surface area contributed by atoms with Crippen LogP contribution >= 0.6 is 0 Å². The molecule has 0 aromatic rings. The summed E-state index contributed by atoms with van der Waals surface area (Å²) in [6, 6.07) is 0. The Morgan fingerprint density at radius 2 is 0.833 bits per heavy atom. The van der Waals surface area contributed by atoms with Gasteiger partial charge in [-0.2, -0.15) is 0 Å². The smallest absolute Gasteiger partial charge is 0.358 e. The average molecular weight is 334 g/mol. The van der Waals surface area contributed by atoms with Crippen molar-refractivity contribution in [1.29, 1.82) is 0 Å². The van der Waals surface area contributed by atoms with E-state index in [0.717, 1.165) is 0 Å². The van der Waals surface area contributed by atoms with Crippen LogP contribution in [0.3, 0.4) is 0 Å². The van der Waals surface area contributed by atoms with Gasteiger partial charge in [0.25, 0.3) is 0 Å². The molecule has 0 amide bonds. The zero-order chi connectivity index (χ0) is 7.71. The Morgan fingerprint density at radius 3 is 0.833 bits per heavy atom. The maximum absolute atomic E-state index is 2.65. The molecular weight excluding hydrogens is 309 g/mol. The van der Waals surface area contributed by atoms with Crippen molar-refractivity contribution in [3.8, 4) is 0 Å². The minimum Gasteiger partial charge on any atom is -0.358 e. The first-order chi connectivity index (χ1) is 3.71. The van der Waals surface area contributed by atoms with E-state index < -0.39 is 16.1 Å². The molecule has 0 aliphatic carbocycles. The van der Waals surface area contributed by atoms with Gasteiger partial charge in [-0.15, -0.1) is 16.1 Å². The van der Waals surface area contributed by atoms with E-state index in [1.807, 2.05) is 0 Å². The summed E-state index contributed by atoms with van der Waals surface area (Å²) in [5, 5.41) is 0. The second kappa shape index (κ2) is 8.12.